The SMILES string of the molecule is NC(=O)Nc1cccc(C(=O)O)n1. The molecule has 6 heteroatoms. The van der Waals surface area contributed by atoms with Crippen molar-refractivity contribution in [1.29, 1.82) is 0 Å². The minimum atomic E-state index is -1.16. The molecule has 0 aromatic carbocycles. The first-order valence-electron chi connectivity index (χ1n) is 3.36. The summed E-state index contributed by atoms with van der Waals surface area (Å²) >= 11 is 0. The summed E-state index contributed by atoms with van der Waals surface area (Å²) in [4.78, 5) is 24.4. The van der Waals surface area contributed by atoms with E-state index in [1.165, 1.54) is 18.2 Å². The molecule has 1 heterocycles. The maximum atomic E-state index is 10.4. The van der Waals surface area contributed by atoms with Crippen molar-refractivity contribution in [1.82, 2.24) is 4.98 Å². The van der Waals surface area contributed by atoms with Gasteiger partial charge in [0, 0.05) is 0 Å². The summed E-state index contributed by atoms with van der Waals surface area (Å²) in [5.41, 5.74) is 4.67. The molecule has 0 radical (unpaired) electrons. The molecular formula is C7H7N3O3. The summed E-state index contributed by atoms with van der Waals surface area (Å²) < 4.78 is 0. The first kappa shape index (κ1) is 8.98. The van der Waals surface area contributed by atoms with Gasteiger partial charge in [-0.15, -0.1) is 0 Å². The van der Waals surface area contributed by atoms with Gasteiger partial charge in [0.25, 0.3) is 0 Å². The predicted molar refractivity (Wildman–Crippen MR) is 44.4 cm³/mol. The molecule has 2 amide bonds. The molecule has 68 valence electrons. The maximum Gasteiger partial charge on any atom is 0.354 e. The van der Waals surface area contributed by atoms with E-state index in [2.05, 4.69) is 10.3 Å². The molecule has 1 rings (SSSR count). The second-order valence-corrected chi connectivity index (χ2v) is 2.20. The molecule has 0 bridgehead atoms. The molecule has 1 aromatic rings. The van der Waals surface area contributed by atoms with Crippen molar-refractivity contribution in [3.05, 3.63) is 23.9 Å². The number of pyridine rings is 1. The van der Waals surface area contributed by atoms with Crippen LogP contribution in [0.25, 0.3) is 0 Å². The summed E-state index contributed by atoms with van der Waals surface area (Å²) in [6, 6.07) is 3.43. The Kier molecular flexibility index (Phi) is 2.44. The number of rotatable bonds is 2. The van der Waals surface area contributed by atoms with Crippen LogP contribution < -0.4 is 11.1 Å². The fraction of sp³-hybridized carbons (Fsp3) is 0. The van der Waals surface area contributed by atoms with Gasteiger partial charge in [0.2, 0.25) is 0 Å². The van der Waals surface area contributed by atoms with E-state index >= 15 is 0 Å². The third-order valence-corrected chi connectivity index (χ3v) is 1.22. The standard InChI is InChI=1S/C7H7N3O3/c8-7(13)10-5-3-1-2-4(9-5)6(11)12/h1-3H,(H,11,12)(H3,8,9,10,13). The Bertz CT molecular complexity index is 351. The lowest BCUT2D eigenvalue weighted by molar-refractivity contribution is 0.0690. The van der Waals surface area contributed by atoms with Crippen LogP contribution in [-0.2, 0) is 0 Å². The summed E-state index contributed by atoms with van der Waals surface area (Å²) in [7, 11) is 0. The zero-order chi connectivity index (χ0) is 9.84. The molecule has 4 N–H and O–H groups in total. The van der Waals surface area contributed by atoms with Crippen molar-refractivity contribution >= 4 is 17.8 Å². The number of carboxylic acid groups (broad SMARTS) is 1. The Morgan fingerprint density at radius 1 is 1.46 bits per heavy atom. The second kappa shape index (κ2) is 3.53. The van der Waals surface area contributed by atoms with Gasteiger partial charge in [-0.25, -0.2) is 14.6 Å². The summed E-state index contributed by atoms with van der Waals surface area (Å²) in [6.07, 6.45) is 0. The van der Waals surface area contributed by atoms with Crippen LogP contribution >= 0.6 is 0 Å². The summed E-state index contributed by atoms with van der Waals surface area (Å²) in [5.74, 6) is -1.04. The first-order chi connectivity index (χ1) is 6.09. The lowest BCUT2D eigenvalue weighted by Gasteiger charge is -2.00. The largest absolute Gasteiger partial charge is 0.477 e. The van der Waals surface area contributed by atoms with Crippen LogP contribution in [0.1, 0.15) is 10.5 Å². The number of amides is 2. The van der Waals surface area contributed by atoms with Gasteiger partial charge >= 0.3 is 12.0 Å². The zero-order valence-corrected chi connectivity index (χ0v) is 6.52. The van der Waals surface area contributed by atoms with E-state index in [1.807, 2.05) is 0 Å². The number of urea groups is 1. The van der Waals surface area contributed by atoms with Gasteiger partial charge in [0.15, 0.2) is 5.69 Å². The van der Waals surface area contributed by atoms with Crippen molar-refractivity contribution in [2.24, 2.45) is 5.73 Å². The normalized spacial score (nSPS) is 9.23. The molecule has 6 nitrogen and oxygen atoms in total. The molecule has 0 unspecified atom stereocenters. The molecule has 0 saturated carbocycles. The van der Waals surface area contributed by atoms with Gasteiger partial charge in [-0.3, -0.25) is 5.32 Å². The average molecular weight is 181 g/mol. The lowest BCUT2D eigenvalue weighted by atomic mass is 10.3. The molecule has 0 atom stereocenters. The molecule has 0 aliphatic carbocycles. The van der Waals surface area contributed by atoms with Gasteiger partial charge in [0.1, 0.15) is 5.82 Å². The number of carbonyl (C=O) groups excluding carboxylic acids is 1. The van der Waals surface area contributed by atoms with E-state index in [4.69, 9.17) is 10.8 Å². The number of nitrogens with zero attached hydrogens (tertiary/aromatic N) is 1. The fourth-order valence-electron chi connectivity index (χ4n) is 0.750. The number of hydrogen-bond donors (Lipinski definition) is 3. The number of carbonyl (C=O) groups is 2. The van der Waals surface area contributed by atoms with Gasteiger partial charge in [0.05, 0.1) is 0 Å². The maximum absolute atomic E-state index is 10.4. The highest BCUT2D eigenvalue weighted by Crippen LogP contribution is 2.03. The number of anilines is 1. The highest BCUT2D eigenvalue weighted by Gasteiger charge is 2.05. The zero-order valence-electron chi connectivity index (χ0n) is 6.52. The monoisotopic (exact) mass is 181 g/mol. The Morgan fingerprint density at radius 2 is 2.15 bits per heavy atom. The minimum Gasteiger partial charge on any atom is -0.477 e. The number of aromatic nitrogens is 1. The number of hydrogen-bond acceptors (Lipinski definition) is 3. The molecular weight excluding hydrogens is 174 g/mol. The van der Waals surface area contributed by atoms with Crippen molar-refractivity contribution in [2.45, 2.75) is 0 Å². The Hall–Kier alpha value is -2.11. The van der Waals surface area contributed by atoms with Crippen LogP contribution in [0.3, 0.4) is 0 Å². The van der Waals surface area contributed by atoms with Gasteiger partial charge < -0.3 is 10.8 Å². The number of nitrogens with two attached hydrogens (primary N) is 1. The van der Waals surface area contributed by atoms with Crippen LogP contribution in [0.15, 0.2) is 18.2 Å². The lowest BCUT2D eigenvalue weighted by Crippen LogP contribution is -2.20. The first-order valence-corrected chi connectivity index (χ1v) is 3.36. The molecule has 0 saturated heterocycles. The van der Waals surface area contributed by atoms with Crippen LogP contribution in [0, 0.1) is 0 Å². The second-order valence-electron chi connectivity index (χ2n) is 2.20. The third-order valence-electron chi connectivity index (χ3n) is 1.22. The van der Waals surface area contributed by atoms with Gasteiger partial charge in [-0.2, -0.15) is 0 Å². The Balaban J connectivity index is 2.91. The van der Waals surface area contributed by atoms with E-state index in [9.17, 15) is 9.59 Å². The number of aromatic carboxylic acids is 1. The minimum absolute atomic E-state index is 0.118. The summed E-state index contributed by atoms with van der Waals surface area (Å²) in [5, 5.41) is 10.7. The summed E-state index contributed by atoms with van der Waals surface area (Å²) in [6.45, 7) is 0. The molecule has 0 aliphatic heterocycles. The van der Waals surface area contributed by atoms with E-state index in [0.717, 1.165) is 0 Å². The van der Waals surface area contributed by atoms with E-state index in [1.54, 1.807) is 0 Å². The highest BCUT2D eigenvalue weighted by atomic mass is 16.4. The number of nitrogens with one attached hydrogen (secondary N) is 1. The smallest absolute Gasteiger partial charge is 0.354 e. The predicted octanol–water partition coefficient (Wildman–Crippen LogP) is 0.270. The number of carboxylic acids is 1. The Labute approximate surface area is 73.4 Å². The van der Waals surface area contributed by atoms with Crippen LogP contribution in [-0.4, -0.2) is 22.1 Å². The van der Waals surface area contributed by atoms with Crippen LogP contribution in [0.2, 0.25) is 0 Å². The Morgan fingerprint density at radius 3 is 2.69 bits per heavy atom. The quantitative estimate of drug-likeness (QED) is 0.608. The number of primary amides is 1. The topological polar surface area (TPSA) is 105 Å². The van der Waals surface area contributed by atoms with Crippen molar-refractivity contribution in [3.8, 4) is 0 Å². The van der Waals surface area contributed by atoms with Crippen molar-refractivity contribution in [3.63, 3.8) is 0 Å². The van der Waals surface area contributed by atoms with Gasteiger partial charge in [-0.1, -0.05) is 6.07 Å². The third kappa shape index (κ3) is 2.44. The van der Waals surface area contributed by atoms with Crippen molar-refractivity contribution < 1.29 is 14.7 Å². The van der Waals surface area contributed by atoms with Gasteiger partial charge in [-0.05, 0) is 12.1 Å². The molecule has 1 aromatic heterocycles. The van der Waals surface area contributed by atoms with Crippen LogP contribution in [0.4, 0.5) is 10.6 Å². The molecule has 0 fully saturated rings. The fourth-order valence-corrected chi connectivity index (χ4v) is 0.750. The van der Waals surface area contributed by atoms with E-state index in [0.29, 0.717) is 0 Å². The highest BCUT2D eigenvalue weighted by molar-refractivity contribution is 5.89. The van der Waals surface area contributed by atoms with Crippen molar-refractivity contribution in [2.75, 3.05) is 5.32 Å². The van der Waals surface area contributed by atoms with E-state index in [-0.39, 0.29) is 11.5 Å². The molecule has 13 heavy (non-hydrogen) atoms. The van der Waals surface area contributed by atoms with Crippen LogP contribution in [0.5, 0.6) is 0 Å². The van der Waals surface area contributed by atoms with E-state index < -0.39 is 12.0 Å². The molecule has 0 spiro atoms. The average Bonchev–Trinajstić information content (AvgIpc) is 2.03. The molecule has 0 aliphatic rings.